The summed E-state index contributed by atoms with van der Waals surface area (Å²) in [5, 5.41) is 13.9. The number of para-hydroxylation sites is 1. The minimum absolute atomic E-state index is 0.0274. The number of nitrogens with zero attached hydrogens (tertiary/aromatic N) is 3. The summed E-state index contributed by atoms with van der Waals surface area (Å²) in [6, 6.07) is 11.6. The number of hydrogen-bond donors (Lipinski definition) is 1. The molecule has 0 bridgehead atoms. The Balaban J connectivity index is 1.60. The molecule has 0 unspecified atom stereocenters. The van der Waals surface area contributed by atoms with Gasteiger partial charge in [0.1, 0.15) is 5.69 Å². The van der Waals surface area contributed by atoms with Gasteiger partial charge in [-0.1, -0.05) is 45.0 Å². The van der Waals surface area contributed by atoms with E-state index in [-0.39, 0.29) is 47.2 Å². The van der Waals surface area contributed by atoms with Crippen molar-refractivity contribution in [3.63, 3.8) is 0 Å². The first kappa shape index (κ1) is 24.8. The lowest BCUT2D eigenvalue weighted by molar-refractivity contribution is -0.384. The van der Waals surface area contributed by atoms with Crippen LogP contribution in [-0.4, -0.2) is 61.2 Å². The highest BCUT2D eigenvalue weighted by Gasteiger charge is 2.30. The van der Waals surface area contributed by atoms with Crippen molar-refractivity contribution < 1.29 is 18.1 Å². The highest BCUT2D eigenvalue weighted by Crippen LogP contribution is 2.28. The fraction of sp³-hybridized carbons (Fsp3) is 0.435. The fourth-order valence-corrected chi connectivity index (χ4v) is 5.18. The van der Waals surface area contributed by atoms with Crippen LogP contribution in [0.15, 0.2) is 47.4 Å². The van der Waals surface area contributed by atoms with Gasteiger partial charge in [-0.15, -0.1) is 0 Å². The molecule has 2 aromatic rings. The summed E-state index contributed by atoms with van der Waals surface area (Å²) in [7, 11) is -3.61. The van der Waals surface area contributed by atoms with Gasteiger partial charge in [0.15, 0.2) is 0 Å². The van der Waals surface area contributed by atoms with Gasteiger partial charge in [-0.2, -0.15) is 4.31 Å². The van der Waals surface area contributed by atoms with E-state index in [0.29, 0.717) is 18.7 Å². The molecular formula is C23H30N4O5S. The molecule has 0 aromatic heterocycles. The van der Waals surface area contributed by atoms with Crippen LogP contribution in [0.5, 0.6) is 0 Å². The molecule has 3 rings (SSSR count). The van der Waals surface area contributed by atoms with E-state index >= 15 is 0 Å². The van der Waals surface area contributed by atoms with Gasteiger partial charge in [0.2, 0.25) is 15.9 Å². The van der Waals surface area contributed by atoms with E-state index in [4.69, 9.17) is 0 Å². The lowest BCUT2D eigenvalue weighted by atomic mass is 9.87. The van der Waals surface area contributed by atoms with E-state index in [2.05, 4.69) is 26.1 Å². The van der Waals surface area contributed by atoms with E-state index in [0.717, 1.165) is 5.56 Å². The molecule has 1 fully saturated rings. The molecule has 0 saturated carbocycles. The second kappa shape index (κ2) is 9.58. The molecule has 9 nitrogen and oxygen atoms in total. The summed E-state index contributed by atoms with van der Waals surface area (Å²) >= 11 is 0. The van der Waals surface area contributed by atoms with E-state index in [1.807, 2.05) is 17.0 Å². The lowest BCUT2D eigenvalue weighted by Crippen LogP contribution is -2.50. The zero-order chi connectivity index (χ0) is 24.4. The Morgan fingerprint density at radius 3 is 2.21 bits per heavy atom. The number of nitro groups is 1. The number of benzene rings is 2. The predicted octanol–water partition coefficient (Wildman–Crippen LogP) is 3.15. The van der Waals surface area contributed by atoms with E-state index in [9.17, 15) is 23.3 Å². The second-order valence-electron chi connectivity index (χ2n) is 9.23. The molecule has 0 atom stereocenters. The number of carbonyl (C=O) groups is 1. The Kier molecular flexibility index (Phi) is 7.20. The number of anilines is 1. The highest BCUT2D eigenvalue weighted by molar-refractivity contribution is 7.89. The van der Waals surface area contributed by atoms with E-state index in [1.165, 1.54) is 10.4 Å². The predicted molar refractivity (Wildman–Crippen MR) is 127 cm³/mol. The minimum Gasteiger partial charge on any atom is -0.319 e. The lowest BCUT2D eigenvalue weighted by Gasteiger charge is -2.33. The Bertz CT molecular complexity index is 1130. The van der Waals surface area contributed by atoms with Crippen molar-refractivity contribution in [2.75, 3.05) is 38.0 Å². The first-order valence-electron chi connectivity index (χ1n) is 10.8. The van der Waals surface area contributed by atoms with Crippen LogP contribution in [0.2, 0.25) is 0 Å². The molecular weight excluding hydrogens is 444 g/mol. The number of piperazine rings is 1. The van der Waals surface area contributed by atoms with Crippen molar-refractivity contribution in [2.24, 2.45) is 0 Å². The Morgan fingerprint density at radius 1 is 1.06 bits per heavy atom. The summed E-state index contributed by atoms with van der Waals surface area (Å²) in [4.78, 5) is 25.3. The zero-order valence-electron chi connectivity index (χ0n) is 19.4. The first-order valence-corrected chi connectivity index (χ1v) is 12.2. The molecule has 1 aliphatic heterocycles. The van der Waals surface area contributed by atoms with E-state index < -0.39 is 14.9 Å². The molecule has 0 aliphatic carbocycles. The van der Waals surface area contributed by atoms with Gasteiger partial charge in [-0.3, -0.25) is 19.8 Å². The summed E-state index contributed by atoms with van der Waals surface area (Å²) in [6.45, 7) is 9.25. The Hall–Kier alpha value is -2.82. The van der Waals surface area contributed by atoms with Crippen LogP contribution in [0.25, 0.3) is 0 Å². The Labute approximate surface area is 194 Å². The number of amides is 1. The van der Waals surface area contributed by atoms with Gasteiger partial charge in [-0.25, -0.2) is 8.42 Å². The van der Waals surface area contributed by atoms with Crippen LogP contribution in [0, 0.1) is 17.0 Å². The molecule has 10 heteroatoms. The molecule has 1 saturated heterocycles. The first-order chi connectivity index (χ1) is 15.4. The number of carbonyl (C=O) groups excluding carboxylic acids is 1. The summed E-state index contributed by atoms with van der Waals surface area (Å²) in [5.41, 5.74) is 1.63. The van der Waals surface area contributed by atoms with Crippen LogP contribution in [0.4, 0.5) is 11.4 Å². The molecule has 0 spiro atoms. The second-order valence-corrected chi connectivity index (χ2v) is 11.2. The van der Waals surface area contributed by atoms with Crippen LogP contribution < -0.4 is 5.32 Å². The standard InChI is InChI=1S/C23H30N4O5S/c1-17-6-5-7-20(27(29)30)22(17)24-21(28)16-25-12-14-26(15-13-25)33(31,32)19-10-8-18(9-11-19)23(2,3)4/h5-11H,12-16H2,1-4H3,(H,24,28). The monoisotopic (exact) mass is 474 g/mol. The molecule has 178 valence electrons. The van der Waals surface area contributed by atoms with Crippen molar-refractivity contribution >= 4 is 27.3 Å². The molecule has 1 amide bonds. The van der Waals surface area contributed by atoms with Crippen molar-refractivity contribution in [2.45, 2.75) is 38.0 Å². The van der Waals surface area contributed by atoms with E-state index in [1.54, 1.807) is 31.2 Å². The van der Waals surface area contributed by atoms with Gasteiger partial charge in [0.05, 0.1) is 16.4 Å². The normalized spacial score (nSPS) is 15.9. The van der Waals surface area contributed by atoms with Gasteiger partial charge in [-0.05, 0) is 35.6 Å². The number of rotatable bonds is 6. The maximum absolute atomic E-state index is 13.0. The summed E-state index contributed by atoms with van der Waals surface area (Å²) < 4.78 is 27.5. The van der Waals surface area contributed by atoms with Crippen LogP contribution >= 0.6 is 0 Å². The zero-order valence-corrected chi connectivity index (χ0v) is 20.2. The Morgan fingerprint density at radius 2 is 1.67 bits per heavy atom. The summed E-state index contributed by atoms with van der Waals surface area (Å²) in [5.74, 6) is -0.374. The maximum Gasteiger partial charge on any atom is 0.293 e. The molecule has 33 heavy (non-hydrogen) atoms. The average molecular weight is 475 g/mol. The van der Waals surface area contributed by atoms with Crippen molar-refractivity contribution in [1.29, 1.82) is 0 Å². The SMILES string of the molecule is Cc1cccc([N+](=O)[O-])c1NC(=O)CN1CCN(S(=O)(=O)c2ccc(C(C)(C)C)cc2)CC1. The third-order valence-electron chi connectivity index (χ3n) is 5.77. The molecule has 1 aliphatic rings. The third kappa shape index (κ3) is 5.76. The fourth-order valence-electron chi connectivity index (χ4n) is 3.75. The molecule has 1 heterocycles. The summed E-state index contributed by atoms with van der Waals surface area (Å²) in [6.07, 6.45) is 0. The van der Waals surface area contributed by atoms with Crippen molar-refractivity contribution in [3.05, 3.63) is 63.7 Å². The van der Waals surface area contributed by atoms with Gasteiger partial charge < -0.3 is 5.32 Å². The van der Waals surface area contributed by atoms with Gasteiger partial charge in [0, 0.05) is 32.2 Å². The van der Waals surface area contributed by atoms with Gasteiger partial charge >= 0.3 is 0 Å². The number of aryl methyl sites for hydroxylation is 1. The number of hydrogen-bond acceptors (Lipinski definition) is 6. The van der Waals surface area contributed by atoms with Crippen molar-refractivity contribution in [1.82, 2.24) is 9.21 Å². The number of nitro benzene ring substituents is 1. The van der Waals surface area contributed by atoms with Crippen LogP contribution in [0.3, 0.4) is 0 Å². The molecule has 2 aromatic carbocycles. The third-order valence-corrected chi connectivity index (χ3v) is 7.68. The minimum atomic E-state index is -3.61. The highest BCUT2D eigenvalue weighted by atomic mass is 32.2. The van der Waals surface area contributed by atoms with Crippen LogP contribution in [0.1, 0.15) is 31.9 Å². The van der Waals surface area contributed by atoms with Crippen LogP contribution in [-0.2, 0) is 20.2 Å². The smallest absolute Gasteiger partial charge is 0.293 e. The van der Waals surface area contributed by atoms with Gasteiger partial charge in [0.25, 0.3) is 5.69 Å². The maximum atomic E-state index is 13.0. The number of nitrogens with one attached hydrogen (secondary N) is 1. The van der Waals surface area contributed by atoms with Crippen molar-refractivity contribution in [3.8, 4) is 0 Å². The largest absolute Gasteiger partial charge is 0.319 e. The number of sulfonamides is 1. The average Bonchev–Trinajstić information content (AvgIpc) is 2.75. The molecule has 1 N–H and O–H groups in total. The molecule has 0 radical (unpaired) electrons. The topological polar surface area (TPSA) is 113 Å². The quantitative estimate of drug-likeness (QED) is 0.508.